The lowest BCUT2D eigenvalue weighted by atomic mass is 10.1. The van der Waals surface area contributed by atoms with Gasteiger partial charge in [0.15, 0.2) is 0 Å². The summed E-state index contributed by atoms with van der Waals surface area (Å²) in [6, 6.07) is 4.67. The molecule has 7 heteroatoms. The molecule has 1 atom stereocenters. The molecule has 1 rings (SSSR count). The van der Waals surface area contributed by atoms with Gasteiger partial charge in [0, 0.05) is 20.2 Å². The molecule has 6 nitrogen and oxygen atoms in total. The van der Waals surface area contributed by atoms with Crippen molar-refractivity contribution in [3.05, 3.63) is 23.8 Å². The molecule has 120 valence electrons. The Kier molecular flexibility index (Phi) is 6.60. The van der Waals surface area contributed by atoms with Crippen molar-refractivity contribution in [2.45, 2.75) is 24.3 Å². The van der Waals surface area contributed by atoms with Crippen molar-refractivity contribution in [1.82, 2.24) is 4.31 Å². The molecule has 0 fully saturated rings. The molecular weight excluding hydrogens is 292 g/mol. The highest BCUT2D eigenvalue weighted by Gasteiger charge is 2.27. The maximum Gasteiger partial charge on any atom is 0.243 e. The molecule has 1 aromatic rings. The molecule has 0 aliphatic carbocycles. The van der Waals surface area contributed by atoms with Gasteiger partial charge in [-0.15, -0.1) is 0 Å². The van der Waals surface area contributed by atoms with Crippen LogP contribution in [0.25, 0.3) is 0 Å². The van der Waals surface area contributed by atoms with Gasteiger partial charge >= 0.3 is 0 Å². The molecule has 0 spiro atoms. The van der Waals surface area contributed by atoms with Gasteiger partial charge in [0.05, 0.1) is 18.6 Å². The number of nitrogens with zero attached hydrogens (tertiary/aromatic N) is 1. The minimum Gasteiger partial charge on any atom is -0.497 e. The van der Waals surface area contributed by atoms with Crippen molar-refractivity contribution in [1.29, 1.82) is 0 Å². The molecule has 0 saturated carbocycles. The Labute approximate surface area is 126 Å². The molecule has 0 aromatic heterocycles. The van der Waals surface area contributed by atoms with Gasteiger partial charge in [-0.2, -0.15) is 4.31 Å². The van der Waals surface area contributed by atoms with Crippen LogP contribution >= 0.6 is 0 Å². The maximum atomic E-state index is 12.7. The molecule has 0 bridgehead atoms. The second kappa shape index (κ2) is 7.74. The summed E-state index contributed by atoms with van der Waals surface area (Å²) in [5, 5.41) is 0. The average molecular weight is 316 g/mol. The second-order valence-corrected chi connectivity index (χ2v) is 6.80. The Morgan fingerprint density at radius 2 is 2.00 bits per heavy atom. The number of sulfonamides is 1. The summed E-state index contributed by atoms with van der Waals surface area (Å²) in [5.74, 6) is 0.616. The van der Waals surface area contributed by atoms with Crippen molar-refractivity contribution in [2.75, 3.05) is 34.4 Å². The van der Waals surface area contributed by atoms with Crippen molar-refractivity contribution in [3.8, 4) is 5.75 Å². The van der Waals surface area contributed by atoms with Gasteiger partial charge in [0.2, 0.25) is 10.0 Å². The van der Waals surface area contributed by atoms with Crippen LogP contribution in [0.1, 0.15) is 12.5 Å². The highest BCUT2D eigenvalue weighted by atomic mass is 32.2. The summed E-state index contributed by atoms with van der Waals surface area (Å²) >= 11 is 0. The Hall–Kier alpha value is -1.15. The van der Waals surface area contributed by atoms with Crippen molar-refractivity contribution < 1.29 is 17.9 Å². The minimum absolute atomic E-state index is 0.257. The summed E-state index contributed by atoms with van der Waals surface area (Å²) in [6.45, 7) is 2.50. The zero-order valence-corrected chi connectivity index (χ0v) is 13.8. The van der Waals surface area contributed by atoms with Crippen molar-refractivity contribution in [3.63, 3.8) is 0 Å². The fourth-order valence-electron chi connectivity index (χ4n) is 2.02. The molecule has 1 aromatic carbocycles. The lowest BCUT2D eigenvalue weighted by Gasteiger charge is -2.25. The molecule has 21 heavy (non-hydrogen) atoms. The topological polar surface area (TPSA) is 81.9 Å². The van der Waals surface area contributed by atoms with Gasteiger partial charge in [-0.3, -0.25) is 0 Å². The Morgan fingerprint density at radius 1 is 1.33 bits per heavy atom. The summed E-state index contributed by atoms with van der Waals surface area (Å²) in [5.41, 5.74) is 6.24. The number of methoxy groups -OCH3 is 2. The standard InChI is InChI=1S/C14H24N2O4S/c1-11(10-19-3)16(2)21(17,18)14-6-5-13(20-4)9-12(14)7-8-15/h5-6,9,11H,7-8,10,15H2,1-4H3. The quantitative estimate of drug-likeness (QED) is 0.769. The van der Waals surface area contributed by atoms with E-state index in [4.69, 9.17) is 15.2 Å². The number of rotatable bonds is 8. The maximum absolute atomic E-state index is 12.7. The molecule has 0 saturated heterocycles. The molecule has 1 unspecified atom stereocenters. The van der Waals surface area contributed by atoms with E-state index < -0.39 is 10.0 Å². The molecule has 2 N–H and O–H groups in total. The van der Waals surface area contributed by atoms with Crippen LogP contribution in [0, 0.1) is 0 Å². The van der Waals surface area contributed by atoms with Crippen LogP contribution < -0.4 is 10.5 Å². The Balaban J connectivity index is 3.23. The normalized spacial score (nSPS) is 13.4. The molecule has 0 heterocycles. The highest BCUT2D eigenvalue weighted by molar-refractivity contribution is 7.89. The number of hydrogen-bond acceptors (Lipinski definition) is 5. The molecule has 0 radical (unpaired) electrons. The molecule has 0 amide bonds. The first-order chi connectivity index (χ1) is 9.88. The first-order valence-corrected chi connectivity index (χ1v) is 8.16. The number of ether oxygens (including phenoxy) is 2. The Morgan fingerprint density at radius 3 is 2.52 bits per heavy atom. The van der Waals surface area contributed by atoms with Crippen LogP contribution in [0.3, 0.4) is 0 Å². The fraction of sp³-hybridized carbons (Fsp3) is 0.571. The second-order valence-electron chi connectivity index (χ2n) is 4.84. The largest absolute Gasteiger partial charge is 0.497 e. The predicted octanol–water partition coefficient (Wildman–Crippen LogP) is 0.852. The smallest absolute Gasteiger partial charge is 0.243 e. The van der Waals surface area contributed by atoms with Crippen molar-refractivity contribution in [2.24, 2.45) is 5.73 Å². The number of benzene rings is 1. The van der Waals surface area contributed by atoms with E-state index in [2.05, 4.69) is 0 Å². The van der Waals surface area contributed by atoms with Crippen LogP contribution in [0.2, 0.25) is 0 Å². The van der Waals surface area contributed by atoms with E-state index in [1.807, 2.05) is 0 Å². The SMILES string of the molecule is COCC(C)N(C)S(=O)(=O)c1ccc(OC)cc1CCN. The summed E-state index contributed by atoms with van der Waals surface area (Å²) in [6.07, 6.45) is 0.470. The van der Waals surface area contributed by atoms with Crippen LogP contribution in [0.4, 0.5) is 0 Å². The minimum atomic E-state index is -3.60. The third kappa shape index (κ3) is 4.16. The van der Waals surface area contributed by atoms with Gasteiger partial charge in [0.25, 0.3) is 0 Å². The van der Waals surface area contributed by atoms with Crippen LogP contribution in [-0.2, 0) is 21.2 Å². The fourth-order valence-corrected chi connectivity index (χ4v) is 3.60. The van der Waals surface area contributed by atoms with Gasteiger partial charge in [-0.1, -0.05) is 0 Å². The van der Waals surface area contributed by atoms with E-state index in [1.54, 1.807) is 46.4 Å². The molecule has 0 aliphatic heterocycles. The zero-order valence-electron chi connectivity index (χ0n) is 13.0. The monoisotopic (exact) mass is 316 g/mol. The van der Waals surface area contributed by atoms with E-state index in [0.717, 1.165) is 0 Å². The third-order valence-electron chi connectivity index (χ3n) is 3.37. The summed E-state index contributed by atoms with van der Waals surface area (Å²) in [4.78, 5) is 0.263. The molecule has 0 aliphatic rings. The average Bonchev–Trinajstić information content (AvgIpc) is 2.46. The Bertz CT molecular complexity index is 560. The van der Waals surface area contributed by atoms with Crippen LogP contribution in [-0.4, -0.2) is 53.2 Å². The van der Waals surface area contributed by atoms with E-state index in [0.29, 0.717) is 30.9 Å². The predicted molar refractivity (Wildman–Crippen MR) is 82.0 cm³/mol. The van der Waals surface area contributed by atoms with Gasteiger partial charge in [0.1, 0.15) is 5.75 Å². The lowest BCUT2D eigenvalue weighted by Crippen LogP contribution is -2.38. The zero-order chi connectivity index (χ0) is 16.0. The van der Waals surface area contributed by atoms with E-state index in [1.165, 1.54) is 4.31 Å². The van der Waals surface area contributed by atoms with Gasteiger partial charge < -0.3 is 15.2 Å². The number of hydrogen-bond donors (Lipinski definition) is 1. The van der Waals surface area contributed by atoms with E-state index in [9.17, 15) is 8.42 Å². The molecular formula is C14H24N2O4S. The lowest BCUT2D eigenvalue weighted by molar-refractivity contribution is 0.149. The summed E-state index contributed by atoms with van der Waals surface area (Å²) < 4.78 is 37.0. The van der Waals surface area contributed by atoms with Crippen LogP contribution in [0.5, 0.6) is 5.75 Å². The number of nitrogens with two attached hydrogens (primary N) is 1. The van der Waals surface area contributed by atoms with Crippen LogP contribution in [0.15, 0.2) is 23.1 Å². The van der Waals surface area contributed by atoms with E-state index >= 15 is 0 Å². The van der Waals surface area contributed by atoms with Crippen molar-refractivity contribution >= 4 is 10.0 Å². The van der Waals surface area contributed by atoms with E-state index in [-0.39, 0.29) is 10.9 Å². The number of likely N-dealkylation sites (N-methyl/N-ethyl adjacent to an activating group) is 1. The third-order valence-corrected chi connectivity index (χ3v) is 5.44. The first-order valence-electron chi connectivity index (χ1n) is 6.72. The van der Waals surface area contributed by atoms with Gasteiger partial charge in [-0.25, -0.2) is 8.42 Å². The highest BCUT2D eigenvalue weighted by Crippen LogP contribution is 2.25. The first kappa shape index (κ1) is 17.9. The summed E-state index contributed by atoms with van der Waals surface area (Å²) in [7, 11) is 1.05. The van der Waals surface area contributed by atoms with Gasteiger partial charge in [-0.05, 0) is 43.7 Å².